The minimum absolute atomic E-state index is 0.0208. The number of hydrogen-bond donors (Lipinski definition) is 0. The summed E-state index contributed by atoms with van der Waals surface area (Å²) in [6.45, 7) is 54.4. The molecule has 74 heavy (non-hydrogen) atoms. The first-order valence-corrected chi connectivity index (χ1v) is 29.2. The van der Waals surface area contributed by atoms with Gasteiger partial charge in [-0.2, -0.15) is 0 Å². The average molecular weight is 1040 g/mol. The summed E-state index contributed by atoms with van der Waals surface area (Å²) in [5.41, 5.74) is 11.0. The lowest BCUT2D eigenvalue weighted by atomic mass is 9.80. The van der Waals surface area contributed by atoms with Gasteiger partial charge >= 0.3 is 16.8 Å². The lowest BCUT2D eigenvalue weighted by Crippen LogP contribution is -2.20. The minimum atomic E-state index is -1.70. The summed E-state index contributed by atoms with van der Waals surface area (Å²) in [6, 6.07) is 44.3. The zero-order chi connectivity index (χ0) is 55.4. The standard InChI is InChI=1S/C68H92O4P2/c1-61(2,3)47-31-35-57(53(41-47)65(13,14)15)69-73(70-58-36-32-48(62(4,5)6)42-54(58)66(16,17)18)51-29-25-27-45(39-51)46-28-26-30-52(40-46)74(71-59-37-33-49(63(7,8)9)43-55(59)67(19,20)21)72-60-38-34-50(64(10,11)12)44-56(60)68(22,23)24/h25-44H,1-24H3. The van der Waals surface area contributed by atoms with Gasteiger partial charge in [-0.25, -0.2) is 0 Å². The highest BCUT2D eigenvalue weighted by Crippen LogP contribution is 2.50. The Labute approximate surface area is 452 Å². The monoisotopic (exact) mass is 1030 g/mol. The molecule has 0 fully saturated rings. The molecule has 0 saturated heterocycles. The molecular weight excluding hydrogens is 943 g/mol. The van der Waals surface area contributed by atoms with E-state index in [9.17, 15) is 0 Å². The summed E-state index contributed by atoms with van der Waals surface area (Å²) in [5, 5.41) is 1.94. The lowest BCUT2D eigenvalue weighted by molar-refractivity contribution is 0.465. The normalized spacial score (nSPS) is 13.4. The fourth-order valence-electron chi connectivity index (χ4n) is 8.85. The minimum Gasteiger partial charge on any atom is -0.435 e. The van der Waals surface area contributed by atoms with E-state index < -0.39 is 16.8 Å². The van der Waals surface area contributed by atoms with E-state index in [0.717, 1.165) is 67.0 Å². The van der Waals surface area contributed by atoms with Gasteiger partial charge in [0.1, 0.15) is 23.0 Å². The Balaban J connectivity index is 1.53. The van der Waals surface area contributed by atoms with E-state index >= 15 is 0 Å². The number of rotatable bonds is 11. The molecule has 0 N–H and O–H groups in total. The molecule has 0 atom stereocenters. The van der Waals surface area contributed by atoms with Crippen molar-refractivity contribution in [2.24, 2.45) is 0 Å². The molecule has 6 rings (SSSR count). The fourth-order valence-corrected chi connectivity index (χ4v) is 11.6. The van der Waals surface area contributed by atoms with Crippen molar-refractivity contribution < 1.29 is 18.1 Å². The largest absolute Gasteiger partial charge is 0.435 e. The molecule has 0 aromatic heterocycles. The van der Waals surface area contributed by atoms with Crippen LogP contribution >= 0.6 is 16.8 Å². The van der Waals surface area contributed by atoms with Crippen molar-refractivity contribution in [2.45, 2.75) is 209 Å². The van der Waals surface area contributed by atoms with E-state index in [-0.39, 0.29) is 43.3 Å². The summed E-state index contributed by atoms with van der Waals surface area (Å²) in [4.78, 5) is 0. The fraction of sp³-hybridized carbons (Fsp3) is 0.471. The van der Waals surface area contributed by atoms with Crippen LogP contribution in [0.2, 0.25) is 0 Å². The van der Waals surface area contributed by atoms with Crippen molar-refractivity contribution in [1.82, 2.24) is 0 Å². The van der Waals surface area contributed by atoms with Crippen LogP contribution in [-0.2, 0) is 43.3 Å². The molecule has 0 saturated carbocycles. The summed E-state index contributed by atoms with van der Waals surface area (Å²) in [7, 11) is -3.40. The molecule has 6 aromatic carbocycles. The second-order valence-electron chi connectivity index (χ2n) is 28.8. The van der Waals surface area contributed by atoms with Gasteiger partial charge in [-0.3, -0.25) is 0 Å². The molecule has 0 aliphatic heterocycles. The average Bonchev–Trinajstić information content (AvgIpc) is 3.26. The highest BCUT2D eigenvalue weighted by Gasteiger charge is 2.33. The molecule has 6 aromatic rings. The third kappa shape index (κ3) is 14.4. The summed E-state index contributed by atoms with van der Waals surface area (Å²) in [5.74, 6) is 3.34. The molecule has 0 radical (unpaired) electrons. The van der Waals surface area contributed by atoms with Crippen LogP contribution in [0.4, 0.5) is 0 Å². The molecule has 0 heterocycles. The van der Waals surface area contributed by atoms with Crippen molar-refractivity contribution >= 4 is 27.4 Å². The molecule has 0 bridgehead atoms. The van der Waals surface area contributed by atoms with Crippen molar-refractivity contribution in [1.29, 1.82) is 0 Å². The molecular formula is C68H92O4P2. The van der Waals surface area contributed by atoms with Crippen molar-refractivity contribution in [3.63, 3.8) is 0 Å². The molecule has 0 amide bonds. The Hall–Kier alpha value is -4.62. The van der Waals surface area contributed by atoms with Crippen LogP contribution in [0.15, 0.2) is 121 Å². The molecule has 398 valence electrons. The third-order valence-electron chi connectivity index (χ3n) is 13.8. The number of hydrogen-bond acceptors (Lipinski definition) is 4. The SMILES string of the molecule is CC(C)(C)c1ccc(OP(Oc2ccc(C(C)(C)C)cc2C(C)(C)C)c2cccc(-c3cccc(P(Oc4ccc(C(C)(C)C)cc4C(C)(C)C)Oc4ccc(C(C)(C)C)cc4C(C)(C)C)c3)c2)c(C(C)(C)C)c1. The predicted molar refractivity (Wildman–Crippen MR) is 323 cm³/mol. The zero-order valence-electron chi connectivity index (χ0n) is 50.1. The van der Waals surface area contributed by atoms with Crippen LogP contribution < -0.4 is 28.7 Å². The quantitative estimate of drug-likeness (QED) is 0.121. The zero-order valence-corrected chi connectivity index (χ0v) is 51.9. The topological polar surface area (TPSA) is 36.9 Å². The second kappa shape index (κ2) is 21.1. The first-order valence-electron chi connectivity index (χ1n) is 26.8. The van der Waals surface area contributed by atoms with E-state index in [2.05, 4.69) is 287 Å². The summed E-state index contributed by atoms with van der Waals surface area (Å²) < 4.78 is 29.3. The molecule has 0 aliphatic carbocycles. The second-order valence-corrected chi connectivity index (χ2v) is 31.6. The smallest absolute Gasteiger partial charge is 0.326 e. The molecule has 4 nitrogen and oxygen atoms in total. The maximum atomic E-state index is 7.32. The maximum Gasteiger partial charge on any atom is 0.326 e. The molecule has 6 heteroatoms. The Morgan fingerprint density at radius 2 is 0.459 bits per heavy atom. The predicted octanol–water partition coefficient (Wildman–Crippen LogP) is 19.9. The van der Waals surface area contributed by atoms with Crippen LogP contribution in [0, 0.1) is 0 Å². The van der Waals surface area contributed by atoms with E-state index in [4.69, 9.17) is 18.1 Å². The van der Waals surface area contributed by atoms with Crippen molar-refractivity contribution in [3.8, 4) is 34.1 Å². The van der Waals surface area contributed by atoms with E-state index in [0.29, 0.717) is 0 Å². The number of benzene rings is 6. The van der Waals surface area contributed by atoms with Crippen molar-refractivity contribution in [3.05, 3.63) is 166 Å². The Kier molecular flexibility index (Phi) is 16.7. The Morgan fingerprint density at radius 1 is 0.243 bits per heavy atom. The van der Waals surface area contributed by atoms with Crippen LogP contribution in [-0.4, -0.2) is 0 Å². The highest BCUT2D eigenvalue weighted by atomic mass is 31.2. The van der Waals surface area contributed by atoms with Crippen LogP contribution in [0.1, 0.15) is 211 Å². The third-order valence-corrected chi connectivity index (χ3v) is 16.6. The summed E-state index contributed by atoms with van der Waals surface area (Å²) >= 11 is 0. The van der Waals surface area contributed by atoms with Crippen LogP contribution in [0.3, 0.4) is 0 Å². The first-order chi connectivity index (χ1) is 33.7. The van der Waals surface area contributed by atoms with Gasteiger partial charge < -0.3 is 18.1 Å². The van der Waals surface area contributed by atoms with E-state index in [1.807, 2.05) is 0 Å². The molecule has 0 spiro atoms. The summed E-state index contributed by atoms with van der Waals surface area (Å²) in [6.07, 6.45) is 0. The van der Waals surface area contributed by atoms with E-state index in [1.54, 1.807) is 0 Å². The highest BCUT2D eigenvalue weighted by molar-refractivity contribution is 7.57. The van der Waals surface area contributed by atoms with Gasteiger partial charge in [0, 0.05) is 22.3 Å². The van der Waals surface area contributed by atoms with Gasteiger partial charge in [0.05, 0.1) is 10.6 Å². The van der Waals surface area contributed by atoms with Gasteiger partial charge in [0.2, 0.25) is 0 Å². The molecule has 0 unspecified atom stereocenters. The van der Waals surface area contributed by atoms with Gasteiger partial charge in [-0.15, -0.1) is 0 Å². The van der Waals surface area contributed by atoms with Gasteiger partial charge in [-0.05, 0) is 125 Å². The maximum absolute atomic E-state index is 7.32. The Bertz CT molecular complexity index is 2570. The van der Waals surface area contributed by atoms with E-state index in [1.165, 1.54) is 22.3 Å². The van der Waals surface area contributed by atoms with Gasteiger partial charge in [0.15, 0.2) is 0 Å². The van der Waals surface area contributed by atoms with Gasteiger partial charge in [0.25, 0.3) is 0 Å². The van der Waals surface area contributed by atoms with Gasteiger partial charge in [-0.1, -0.05) is 239 Å². The molecule has 0 aliphatic rings. The van der Waals surface area contributed by atoms with Crippen LogP contribution in [0.25, 0.3) is 11.1 Å². The van der Waals surface area contributed by atoms with Crippen molar-refractivity contribution in [2.75, 3.05) is 0 Å². The Morgan fingerprint density at radius 3 is 0.649 bits per heavy atom. The first kappa shape index (κ1) is 58.6. The van der Waals surface area contributed by atoms with Crippen LogP contribution in [0.5, 0.6) is 23.0 Å². The lowest BCUT2D eigenvalue weighted by Gasteiger charge is -2.31.